The van der Waals surface area contributed by atoms with Crippen molar-refractivity contribution in [3.05, 3.63) is 41.5 Å². The number of nitrogens with zero attached hydrogens (tertiary/aromatic N) is 3. The zero-order valence-corrected chi connectivity index (χ0v) is 12.0. The van der Waals surface area contributed by atoms with Crippen LogP contribution in [0.25, 0.3) is 0 Å². The SMILES string of the molecule is CNC(c1cncc(C)c1)c1ncc(OC)nc1OC. The topological polar surface area (TPSA) is 69.2 Å². The van der Waals surface area contributed by atoms with Crippen molar-refractivity contribution < 1.29 is 9.47 Å². The predicted octanol–water partition coefficient (Wildman–Crippen LogP) is 1.51. The molecule has 0 bridgehead atoms. The molecule has 6 heteroatoms. The third-order valence-corrected chi connectivity index (χ3v) is 2.94. The second kappa shape index (κ2) is 6.29. The molecule has 2 aromatic rings. The number of methoxy groups -OCH3 is 2. The Morgan fingerprint density at radius 3 is 2.55 bits per heavy atom. The van der Waals surface area contributed by atoms with Gasteiger partial charge < -0.3 is 14.8 Å². The molecule has 20 heavy (non-hydrogen) atoms. The Hall–Kier alpha value is -2.21. The number of nitrogens with one attached hydrogen (secondary N) is 1. The van der Waals surface area contributed by atoms with E-state index in [0.29, 0.717) is 17.5 Å². The fourth-order valence-electron chi connectivity index (χ4n) is 2.01. The van der Waals surface area contributed by atoms with Crippen molar-refractivity contribution in [2.24, 2.45) is 0 Å². The van der Waals surface area contributed by atoms with Crippen molar-refractivity contribution >= 4 is 0 Å². The monoisotopic (exact) mass is 274 g/mol. The summed E-state index contributed by atoms with van der Waals surface area (Å²) in [7, 11) is 4.97. The number of aryl methyl sites for hydroxylation is 1. The van der Waals surface area contributed by atoms with E-state index in [9.17, 15) is 0 Å². The number of pyridine rings is 1. The standard InChI is InChI=1S/C14H18N4O2/c1-9-5-10(7-16-6-9)12(15-2)13-14(20-4)18-11(19-3)8-17-13/h5-8,12,15H,1-4H3. The molecule has 0 aliphatic rings. The fraction of sp³-hybridized carbons (Fsp3) is 0.357. The molecular weight excluding hydrogens is 256 g/mol. The van der Waals surface area contributed by atoms with Crippen LogP contribution in [0.1, 0.15) is 22.9 Å². The van der Waals surface area contributed by atoms with E-state index in [-0.39, 0.29) is 6.04 Å². The summed E-state index contributed by atoms with van der Waals surface area (Å²) in [6, 6.07) is 1.91. The van der Waals surface area contributed by atoms with E-state index in [1.165, 1.54) is 0 Å². The van der Waals surface area contributed by atoms with Gasteiger partial charge in [-0.1, -0.05) is 6.07 Å². The maximum absolute atomic E-state index is 5.31. The Bertz CT molecular complexity index is 589. The van der Waals surface area contributed by atoms with Crippen molar-refractivity contribution in [2.75, 3.05) is 21.3 Å². The molecule has 106 valence electrons. The van der Waals surface area contributed by atoms with Gasteiger partial charge in [-0.2, -0.15) is 4.98 Å². The van der Waals surface area contributed by atoms with Gasteiger partial charge in [0.1, 0.15) is 5.69 Å². The van der Waals surface area contributed by atoms with Crippen LogP contribution in [0.2, 0.25) is 0 Å². The first-order valence-electron chi connectivity index (χ1n) is 6.23. The lowest BCUT2D eigenvalue weighted by Crippen LogP contribution is -2.20. The molecule has 2 heterocycles. The van der Waals surface area contributed by atoms with Crippen LogP contribution in [0.4, 0.5) is 0 Å². The van der Waals surface area contributed by atoms with Gasteiger partial charge in [-0.3, -0.25) is 4.98 Å². The molecule has 1 unspecified atom stereocenters. The van der Waals surface area contributed by atoms with Crippen LogP contribution < -0.4 is 14.8 Å². The van der Waals surface area contributed by atoms with Gasteiger partial charge in [0.05, 0.1) is 26.5 Å². The first kappa shape index (κ1) is 14.2. The third-order valence-electron chi connectivity index (χ3n) is 2.94. The molecule has 0 aromatic carbocycles. The summed E-state index contributed by atoms with van der Waals surface area (Å²) in [5.74, 6) is 0.855. The highest BCUT2D eigenvalue weighted by molar-refractivity contribution is 5.34. The highest BCUT2D eigenvalue weighted by Gasteiger charge is 2.20. The van der Waals surface area contributed by atoms with E-state index in [4.69, 9.17) is 9.47 Å². The second-order valence-corrected chi connectivity index (χ2v) is 4.32. The van der Waals surface area contributed by atoms with Gasteiger partial charge in [-0.25, -0.2) is 4.98 Å². The largest absolute Gasteiger partial charge is 0.480 e. The number of aromatic nitrogens is 3. The summed E-state index contributed by atoms with van der Waals surface area (Å²) in [4.78, 5) is 12.9. The van der Waals surface area contributed by atoms with Gasteiger partial charge in [-0.15, -0.1) is 0 Å². The molecule has 0 spiro atoms. The van der Waals surface area contributed by atoms with Gasteiger partial charge in [0.25, 0.3) is 0 Å². The molecule has 1 N–H and O–H groups in total. The molecule has 2 aromatic heterocycles. The molecule has 1 atom stereocenters. The Labute approximate surface area is 118 Å². The van der Waals surface area contributed by atoms with Crippen LogP contribution in [0.5, 0.6) is 11.8 Å². The quantitative estimate of drug-likeness (QED) is 0.891. The normalized spacial score (nSPS) is 12.0. The lowest BCUT2D eigenvalue weighted by Gasteiger charge is -2.18. The van der Waals surface area contributed by atoms with Crippen molar-refractivity contribution in [3.8, 4) is 11.8 Å². The molecule has 2 rings (SSSR count). The maximum Gasteiger partial charge on any atom is 0.240 e. The van der Waals surface area contributed by atoms with Gasteiger partial charge in [-0.05, 0) is 25.1 Å². The van der Waals surface area contributed by atoms with E-state index in [1.807, 2.05) is 20.2 Å². The Balaban J connectivity index is 2.46. The Morgan fingerprint density at radius 1 is 1.15 bits per heavy atom. The average Bonchev–Trinajstić information content (AvgIpc) is 2.48. The molecule has 0 aliphatic carbocycles. The number of hydrogen-bond donors (Lipinski definition) is 1. The molecule has 0 fully saturated rings. The molecular formula is C14H18N4O2. The minimum atomic E-state index is -0.143. The molecule has 0 aliphatic heterocycles. The minimum Gasteiger partial charge on any atom is -0.480 e. The second-order valence-electron chi connectivity index (χ2n) is 4.32. The summed E-state index contributed by atoms with van der Waals surface area (Å²) in [6.45, 7) is 2.00. The molecule has 0 radical (unpaired) electrons. The van der Waals surface area contributed by atoms with Crippen molar-refractivity contribution in [1.29, 1.82) is 0 Å². The summed E-state index contributed by atoms with van der Waals surface area (Å²) in [6.07, 6.45) is 5.19. The zero-order chi connectivity index (χ0) is 14.5. The molecule has 0 saturated heterocycles. The number of hydrogen-bond acceptors (Lipinski definition) is 6. The van der Waals surface area contributed by atoms with Crippen LogP contribution in [0.15, 0.2) is 24.7 Å². The van der Waals surface area contributed by atoms with E-state index in [0.717, 1.165) is 11.1 Å². The summed E-state index contributed by atoms with van der Waals surface area (Å²) < 4.78 is 10.4. The molecule has 0 amide bonds. The summed E-state index contributed by atoms with van der Waals surface area (Å²) in [5.41, 5.74) is 2.79. The number of rotatable bonds is 5. The predicted molar refractivity (Wildman–Crippen MR) is 75.0 cm³/mol. The van der Waals surface area contributed by atoms with Gasteiger partial charge in [0.15, 0.2) is 0 Å². The Morgan fingerprint density at radius 2 is 1.95 bits per heavy atom. The van der Waals surface area contributed by atoms with E-state index in [2.05, 4.69) is 26.3 Å². The van der Waals surface area contributed by atoms with Crippen LogP contribution in [-0.2, 0) is 0 Å². The van der Waals surface area contributed by atoms with Crippen molar-refractivity contribution in [1.82, 2.24) is 20.3 Å². The fourth-order valence-corrected chi connectivity index (χ4v) is 2.01. The zero-order valence-electron chi connectivity index (χ0n) is 12.0. The average molecular weight is 274 g/mol. The van der Waals surface area contributed by atoms with Crippen LogP contribution in [0.3, 0.4) is 0 Å². The van der Waals surface area contributed by atoms with Crippen LogP contribution in [0, 0.1) is 6.92 Å². The minimum absolute atomic E-state index is 0.143. The third kappa shape index (κ3) is 2.85. The summed E-state index contributed by atoms with van der Waals surface area (Å²) >= 11 is 0. The highest BCUT2D eigenvalue weighted by Crippen LogP contribution is 2.27. The lowest BCUT2D eigenvalue weighted by molar-refractivity contribution is 0.353. The van der Waals surface area contributed by atoms with E-state index in [1.54, 1.807) is 26.6 Å². The Kier molecular flexibility index (Phi) is 4.47. The van der Waals surface area contributed by atoms with E-state index >= 15 is 0 Å². The number of ether oxygens (including phenoxy) is 2. The molecule has 0 saturated carbocycles. The van der Waals surface area contributed by atoms with Crippen LogP contribution in [-0.4, -0.2) is 36.2 Å². The van der Waals surface area contributed by atoms with E-state index < -0.39 is 0 Å². The van der Waals surface area contributed by atoms with Crippen molar-refractivity contribution in [3.63, 3.8) is 0 Å². The van der Waals surface area contributed by atoms with Crippen LogP contribution >= 0.6 is 0 Å². The first-order chi connectivity index (χ1) is 9.69. The van der Waals surface area contributed by atoms with Crippen molar-refractivity contribution in [2.45, 2.75) is 13.0 Å². The highest BCUT2D eigenvalue weighted by atomic mass is 16.5. The molecule has 6 nitrogen and oxygen atoms in total. The van der Waals surface area contributed by atoms with Gasteiger partial charge in [0, 0.05) is 12.4 Å². The lowest BCUT2D eigenvalue weighted by atomic mass is 10.0. The van der Waals surface area contributed by atoms with Gasteiger partial charge in [0.2, 0.25) is 11.8 Å². The van der Waals surface area contributed by atoms with Gasteiger partial charge >= 0.3 is 0 Å². The first-order valence-corrected chi connectivity index (χ1v) is 6.23. The maximum atomic E-state index is 5.31. The smallest absolute Gasteiger partial charge is 0.240 e. The summed E-state index contributed by atoms with van der Waals surface area (Å²) in [5, 5.41) is 3.21.